The summed E-state index contributed by atoms with van der Waals surface area (Å²) < 4.78 is 11.5. The van der Waals surface area contributed by atoms with Crippen molar-refractivity contribution in [2.45, 2.75) is 43.9 Å². The molecule has 5 nitrogen and oxygen atoms in total. The number of carboxylic acids is 1. The highest BCUT2D eigenvalue weighted by molar-refractivity contribution is 5.88. The molecule has 1 heterocycles. The Bertz CT molecular complexity index is 1140. The normalized spacial score (nSPS) is 28.1. The molecule has 0 spiro atoms. The molecular weight excluding hydrogens is 402 g/mol. The molecule has 0 unspecified atom stereocenters. The minimum absolute atomic E-state index is 0.231. The van der Waals surface area contributed by atoms with Gasteiger partial charge in [-0.2, -0.15) is 0 Å². The number of nitrogens with zero attached hydrogens (tertiary/aromatic N) is 1. The Morgan fingerprint density at radius 1 is 0.969 bits per heavy atom. The predicted octanol–water partition coefficient (Wildman–Crippen LogP) is 6.18. The minimum Gasteiger partial charge on any atom is -0.496 e. The van der Waals surface area contributed by atoms with Gasteiger partial charge < -0.3 is 14.4 Å². The molecule has 0 aliphatic heterocycles. The van der Waals surface area contributed by atoms with Gasteiger partial charge in [0.25, 0.3) is 0 Å². The predicted molar refractivity (Wildman–Crippen MR) is 121 cm³/mol. The Morgan fingerprint density at radius 3 is 2.19 bits per heavy atom. The van der Waals surface area contributed by atoms with E-state index in [-0.39, 0.29) is 11.0 Å². The number of carbonyl (C=O) groups is 1. The van der Waals surface area contributed by atoms with Crippen molar-refractivity contribution in [1.29, 1.82) is 0 Å². The van der Waals surface area contributed by atoms with Crippen LogP contribution in [0, 0.1) is 17.8 Å². The van der Waals surface area contributed by atoms with Gasteiger partial charge >= 0.3 is 5.97 Å². The SMILES string of the molecule is COc1ccc(-c2cc(-c3ccc(C(=O)O)cc3)on2)cc1C12CC3CC(CC(C3)C1)C2. The van der Waals surface area contributed by atoms with Gasteiger partial charge in [0.05, 0.1) is 12.7 Å². The van der Waals surface area contributed by atoms with Crippen LogP contribution in [-0.4, -0.2) is 23.3 Å². The summed E-state index contributed by atoms with van der Waals surface area (Å²) in [5, 5.41) is 13.4. The Labute approximate surface area is 187 Å². The first-order chi connectivity index (χ1) is 15.5. The molecule has 1 N–H and O–H groups in total. The lowest BCUT2D eigenvalue weighted by Gasteiger charge is -2.57. The van der Waals surface area contributed by atoms with Crippen molar-refractivity contribution < 1.29 is 19.2 Å². The number of hydrogen-bond acceptors (Lipinski definition) is 4. The highest BCUT2D eigenvalue weighted by Crippen LogP contribution is 2.62. The lowest BCUT2D eigenvalue weighted by molar-refractivity contribution is -0.00613. The highest BCUT2D eigenvalue weighted by Gasteiger charge is 2.52. The lowest BCUT2D eigenvalue weighted by atomic mass is 9.48. The van der Waals surface area contributed by atoms with Crippen LogP contribution in [0.4, 0.5) is 0 Å². The maximum atomic E-state index is 11.1. The molecule has 3 aromatic rings. The monoisotopic (exact) mass is 429 g/mol. The molecule has 4 aliphatic carbocycles. The number of benzene rings is 2. The molecule has 2 aromatic carbocycles. The number of hydrogen-bond donors (Lipinski definition) is 1. The molecule has 0 saturated heterocycles. The Kier molecular flexibility index (Phi) is 4.42. The maximum Gasteiger partial charge on any atom is 0.335 e. The largest absolute Gasteiger partial charge is 0.496 e. The number of ether oxygens (including phenoxy) is 1. The van der Waals surface area contributed by atoms with Crippen molar-refractivity contribution in [1.82, 2.24) is 5.16 Å². The zero-order valence-corrected chi connectivity index (χ0v) is 18.2. The number of carboxylic acid groups (broad SMARTS) is 1. The summed E-state index contributed by atoms with van der Waals surface area (Å²) in [7, 11) is 1.77. The van der Waals surface area contributed by atoms with Gasteiger partial charge in [-0.1, -0.05) is 17.3 Å². The maximum absolute atomic E-state index is 11.1. The quantitative estimate of drug-likeness (QED) is 0.524. The third-order valence-electron chi connectivity index (χ3n) is 8.03. The fourth-order valence-corrected chi connectivity index (χ4v) is 7.05. The highest BCUT2D eigenvalue weighted by atomic mass is 16.5. The summed E-state index contributed by atoms with van der Waals surface area (Å²) in [5.41, 5.74) is 4.46. The molecule has 164 valence electrons. The number of methoxy groups -OCH3 is 1. The molecule has 0 radical (unpaired) electrons. The van der Waals surface area contributed by atoms with Crippen LogP contribution in [0.1, 0.15) is 54.4 Å². The van der Waals surface area contributed by atoms with Gasteiger partial charge in [-0.3, -0.25) is 0 Å². The van der Waals surface area contributed by atoms with E-state index in [0.29, 0.717) is 5.76 Å². The van der Waals surface area contributed by atoms with Gasteiger partial charge in [0.15, 0.2) is 5.76 Å². The Hall–Kier alpha value is -3.08. The average molecular weight is 430 g/mol. The standard InChI is InChI=1S/C27H27NO4/c1-31-24-7-6-21(11-22(24)27-13-16-8-17(14-27)10-18(9-16)15-27)23-12-25(32-28-23)19-2-4-20(5-3-19)26(29)30/h2-7,11-12,16-18H,8-10,13-15H2,1H3,(H,29,30). The van der Waals surface area contributed by atoms with Gasteiger partial charge in [0.2, 0.25) is 0 Å². The van der Waals surface area contributed by atoms with E-state index in [4.69, 9.17) is 14.4 Å². The first-order valence-corrected chi connectivity index (χ1v) is 11.5. The van der Waals surface area contributed by atoms with Crippen LogP contribution < -0.4 is 4.74 Å². The van der Waals surface area contributed by atoms with E-state index in [1.165, 1.54) is 44.1 Å². The van der Waals surface area contributed by atoms with Crippen LogP contribution in [0.15, 0.2) is 53.1 Å². The molecule has 4 bridgehead atoms. The van der Waals surface area contributed by atoms with Crippen LogP contribution in [0.2, 0.25) is 0 Å². The first-order valence-electron chi connectivity index (χ1n) is 11.5. The molecule has 0 atom stereocenters. The van der Waals surface area contributed by atoms with Gasteiger partial charge in [-0.05, 0) is 92.0 Å². The van der Waals surface area contributed by atoms with Crippen LogP contribution in [0.25, 0.3) is 22.6 Å². The van der Waals surface area contributed by atoms with E-state index < -0.39 is 5.97 Å². The summed E-state index contributed by atoms with van der Waals surface area (Å²) in [6, 6.07) is 15.0. The van der Waals surface area contributed by atoms with Crippen LogP contribution in [0.5, 0.6) is 5.75 Å². The van der Waals surface area contributed by atoms with Crippen molar-refractivity contribution in [3.8, 4) is 28.3 Å². The summed E-state index contributed by atoms with van der Waals surface area (Å²) in [6.07, 6.45) is 8.06. The average Bonchev–Trinajstić information content (AvgIpc) is 3.28. The summed E-state index contributed by atoms with van der Waals surface area (Å²) >= 11 is 0. The van der Waals surface area contributed by atoms with Gasteiger partial charge in [-0.15, -0.1) is 0 Å². The molecule has 4 aliphatic rings. The summed E-state index contributed by atoms with van der Waals surface area (Å²) in [4.78, 5) is 11.1. The molecule has 4 saturated carbocycles. The van der Waals surface area contributed by atoms with Crippen LogP contribution in [-0.2, 0) is 5.41 Å². The van der Waals surface area contributed by atoms with Gasteiger partial charge in [-0.25, -0.2) is 4.79 Å². The molecule has 4 fully saturated rings. The molecule has 1 aromatic heterocycles. The first kappa shape index (κ1) is 19.6. The molecule has 0 amide bonds. The summed E-state index contributed by atoms with van der Waals surface area (Å²) in [6.45, 7) is 0. The Morgan fingerprint density at radius 2 is 1.59 bits per heavy atom. The van der Waals surface area contributed by atoms with Crippen molar-refractivity contribution in [3.63, 3.8) is 0 Å². The van der Waals surface area contributed by atoms with Gasteiger partial charge in [0.1, 0.15) is 11.4 Å². The molecule has 5 heteroatoms. The minimum atomic E-state index is -0.940. The smallest absolute Gasteiger partial charge is 0.335 e. The summed E-state index contributed by atoms with van der Waals surface area (Å²) in [5.74, 6) is 3.27. The molecule has 7 rings (SSSR count). The second-order valence-corrected chi connectivity index (χ2v) is 10.1. The van der Waals surface area contributed by atoms with Crippen molar-refractivity contribution in [3.05, 3.63) is 59.7 Å². The van der Waals surface area contributed by atoms with Crippen molar-refractivity contribution in [2.24, 2.45) is 17.8 Å². The third-order valence-corrected chi connectivity index (χ3v) is 8.03. The zero-order chi connectivity index (χ0) is 21.9. The topological polar surface area (TPSA) is 72.6 Å². The van der Waals surface area contributed by atoms with E-state index >= 15 is 0 Å². The lowest BCUT2D eigenvalue weighted by Crippen LogP contribution is -2.48. The number of rotatable bonds is 5. The second-order valence-electron chi connectivity index (χ2n) is 10.1. The van der Waals surface area contributed by atoms with Crippen molar-refractivity contribution >= 4 is 5.97 Å². The van der Waals surface area contributed by atoms with Crippen LogP contribution >= 0.6 is 0 Å². The Balaban J connectivity index is 1.35. The van der Waals surface area contributed by atoms with E-state index in [1.54, 1.807) is 31.4 Å². The van der Waals surface area contributed by atoms with E-state index in [2.05, 4.69) is 23.4 Å². The van der Waals surface area contributed by atoms with Gasteiger partial charge in [0, 0.05) is 22.8 Å². The number of aromatic nitrogens is 1. The van der Waals surface area contributed by atoms with Crippen LogP contribution in [0.3, 0.4) is 0 Å². The second kappa shape index (κ2) is 7.22. The zero-order valence-electron chi connectivity index (χ0n) is 18.2. The van der Waals surface area contributed by atoms with E-state index in [0.717, 1.165) is 40.3 Å². The fourth-order valence-electron chi connectivity index (χ4n) is 7.05. The molecular formula is C27H27NO4. The van der Waals surface area contributed by atoms with E-state index in [1.807, 2.05) is 6.07 Å². The number of aromatic carboxylic acids is 1. The third kappa shape index (κ3) is 3.14. The van der Waals surface area contributed by atoms with E-state index in [9.17, 15) is 4.79 Å². The fraction of sp³-hybridized carbons (Fsp3) is 0.407. The van der Waals surface area contributed by atoms with Crippen molar-refractivity contribution in [2.75, 3.05) is 7.11 Å². The molecule has 32 heavy (non-hydrogen) atoms.